The number of rotatable bonds is 7. The Morgan fingerprint density at radius 3 is 2.44 bits per heavy atom. The number of carbonyl (C=O) groups is 1. The normalized spacial score (nSPS) is 23.7. The van der Waals surface area contributed by atoms with E-state index in [1.165, 1.54) is 18.6 Å². The molecule has 4 heterocycles. The third kappa shape index (κ3) is 7.31. The third-order valence-electron chi connectivity index (χ3n) is 8.65. The summed E-state index contributed by atoms with van der Waals surface area (Å²) >= 11 is 0. The fraction of sp³-hybridized carbons (Fsp3) is 0.600. The van der Waals surface area contributed by atoms with Crippen molar-refractivity contribution in [1.29, 1.82) is 0 Å². The number of aromatic nitrogens is 1. The maximum Gasteiger partial charge on any atom is 0.416 e. The Labute approximate surface area is 229 Å². The van der Waals surface area contributed by atoms with Crippen LogP contribution in [0.4, 0.5) is 18.9 Å². The van der Waals surface area contributed by atoms with Gasteiger partial charge in [0.2, 0.25) is 5.91 Å². The number of carbonyl (C=O) groups excluding carboxylic acids is 1. The van der Waals surface area contributed by atoms with Crippen LogP contribution in [0.3, 0.4) is 0 Å². The van der Waals surface area contributed by atoms with Gasteiger partial charge in [-0.2, -0.15) is 13.2 Å². The Kier molecular flexibility index (Phi) is 9.07. The Balaban J connectivity index is 1.22. The van der Waals surface area contributed by atoms with Gasteiger partial charge in [-0.15, -0.1) is 0 Å². The number of halogens is 3. The molecule has 1 aromatic heterocycles. The van der Waals surface area contributed by atoms with Gasteiger partial charge in [-0.05, 0) is 68.4 Å². The van der Waals surface area contributed by atoms with Gasteiger partial charge >= 0.3 is 6.18 Å². The van der Waals surface area contributed by atoms with Crippen LogP contribution < -0.4 is 4.90 Å². The molecule has 0 bridgehead atoms. The lowest BCUT2D eigenvalue weighted by atomic mass is 9.86. The minimum Gasteiger partial charge on any atom is -0.369 e. The van der Waals surface area contributed by atoms with E-state index >= 15 is 0 Å². The highest BCUT2D eigenvalue weighted by Gasteiger charge is 2.36. The summed E-state index contributed by atoms with van der Waals surface area (Å²) in [5.74, 6) is 0.654. The van der Waals surface area contributed by atoms with Crippen LogP contribution in [0.5, 0.6) is 0 Å². The van der Waals surface area contributed by atoms with Gasteiger partial charge in [0.05, 0.1) is 11.3 Å². The van der Waals surface area contributed by atoms with Crippen LogP contribution in [0.1, 0.15) is 49.8 Å². The number of benzene rings is 1. The number of alkyl halides is 3. The molecular formula is C30H40F3N5O. The standard InChI is InChI=1S/C30H40F3N5O/c31-30(32,33)25-7-6-9-27(21-25)36-17-19-37(20-18-36)28-12-16-35(23-26-8-2-3-13-34-26)22-24(28)10-11-29(39)38-14-4-1-5-15-38/h2-3,6-9,13,21,24,28H,1,4-5,10-12,14-20,22-23H2/t24-,28+/m0/s1. The first-order valence-corrected chi connectivity index (χ1v) is 14.4. The second-order valence-electron chi connectivity index (χ2n) is 11.2. The first-order valence-electron chi connectivity index (χ1n) is 14.4. The summed E-state index contributed by atoms with van der Waals surface area (Å²) in [5, 5.41) is 0. The fourth-order valence-electron chi connectivity index (χ4n) is 6.52. The topological polar surface area (TPSA) is 42.9 Å². The van der Waals surface area contributed by atoms with Crippen LogP contribution in [0.15, 0.2) is 48.7 Å². The SMILES string of the molecule is O=C(CC[C@H]1CN(Cc2ccccn2)CC[C@H]1N1CCN(c2cccc(C(F)(F)F)c2)CC1)N1CCCCC1. The molecule has 2 aromatic rings. The van der Waals surface area contributed by atoms with Crippen molar-refractivity contribution in [2.24, 2.45) is 5.92 Å². The highest BCUT2D eigenvalue weighted by molar-refractivity contribution is 5.76. The lowest BCUT2D eigenvalue weighted by Crippen LogP contribution is -2.56. The minimum atomic E-state index is -4.33. The number of hydrogen-bond donors (Lipinski definition) is 0. The Morgan fingerprint density at radius 1 is 0.923 bits per heavy atom. The number of piperazine rings is 1. The Hall–Kier alpha value is -2.65. The van der Waals surface area contributed by atoms with E-state index < -0.39 is 11.7 Å². The molecular weight excluding hydrogens is 503 g/mol. The largest absolute Gasteiger partial charge is 0.416 e. The molecule has 212 valence electrons. The molecule has 5 rings (SSSR count). The maximum absolute atomic E-state index is 13.2. The van der Waals surface area contributed by atoms with Crippen molar-refractivity contribution < 1.29 is 18.0 Å². The van der Waals surface area contributed by atoms with Crippen molar-refractivity contribution in [1.82, 2.24) is 19.7 Å². The van der Waals surface area contributed by atoms with Crippen LogP contribution in [-0.4, -0.2) is 84.0 Å². The lowest BCUT2D eigenvalue weighted by molar-refractivity contribution is -0.137. The van der Waals surface area contributed by atoms with E-state index in [0.29, 0.717) is 37.2 Å². The van der Waals surface area contributed by atoms with E-state index in [-0.39, 0.29) is 5.91 Å². The molecule has 2 atom stereocenters. The first kappa shape index (κ1) is 27.9. The van der Waals surface area contributed by atoms with E-state index in [0.717, 1.165) is 83.3 Å². The number of nitrogens with zero attached hydrogens (tertiary/aromatic N) is 5. The number of amides is 1. The zero-order valence-corrected chi connectivity index (χ0v) is 22.7. The van der Waals surface area contributed by atoms with E-state index in [2.05, 4.69) is 25.8 Å². The van der Waals surface area contributed by atoms with Gasteiger partial charge in [0.15, 0.2) is 0 Å². The number of pyridine rings is 1. The molecule has 39 heavy (non-hydrogen) atoms. The molecule has 0 aliphatic carbocycles. The molecule has 0 unspecified atom stereocenters. The molecule has 0 saturated carbocycles. The highest BCUT2D eigenvalue weighted by Crippen LogP contribution is 2.33. The average molecular weight is 544 g/mol. The summed E-state index contributed by atoms with van der Waals surface area (Å²) in [6.45, 7) is 7.53. The van der Waals surface area contributed by atoms with Crippen LogP contribution in [0, 0.1) is 5.92 Å². The van der Waals surface area contributed by atoms with E-state index in [1.54, 1.807) is 6.07 Å². The van der Waals surface area contributed by atoms with E-state index in [9.17, 15) is 18.0 Å². The van der Waals surface area contributed by atoms with Gasteiger partial charge in [0.1, 0.15) is 0 Å². The quantitative estimate of drug-likeness (QED) is 0.497. The Bertz CT molecular complexity index is 1070. The molecule has 3 fully saturated rings. The van der Waals surface area contributed by atoms with Crippen molar-refractivity contribution in [2.75, 3.05) is 57.3 Å². The monoisotopic (exact) mass is 543 g/mol. The molecule has 0 spiro atoms. The molecule has 1 amide bonds. The van der Waals surface area contributed by atoms with Gasteiger partial charge in [-0.1, -0.05) is 12.1 Å². The summed E-state index contributed by atoms with van der Waals surface area (Å²) in [6.07, 6.45) is 3.40. The average Bonchev–Trinajstić information content (AvgIpc) is 2.97. The van der Waals surface area contributed by atoms with Crippen LogP contribution in [0.2, 0.25) is 0 Å². The summed E-state index contributed by atoms with van der Waals surface area (Å²) in [5.41, 5.74) is 1.10. The molecule has 3 aliphatic heterocycles. The van der Waals surface area contributed by atoms with Gasteiger partial charge in [0.25, 0.3) is 0 Å². The summed E-state index contributed by atoms with van der Waals surface area (Å²) in [4.78, 5) is 26.6. The lowest BCUT2D eigenvalue weighted by Gasteiger charge is -2.47. The number of anilines is 1. The second-order valence-corrected chi connectivity index (χ2v) is 11.2. The van der Waals surface area contributed by atoms with Gasteiger partial charge in [0, 0.05) is 83.2 Å². The highest BCUT2D eigenvalue weighted by atomic mass is 19.4. The predicted octanol–water partition coefficient (Wildman–Crippen LogP) is 4.91. The minimum absolute atomic E-state index is 0.282. The van der Waals surface area contributed by atoms with Gasteiger partial charge in [-0.25, -0.2) is 0 Å². The number of piperidine rings is 2. The van der Waals surface area contributed by atoms with Gasteiger partial charge < -0.3 is 9.80 Å². The molecule has 9 heteroatoms. The van der Waals surface area contributed by atoms with Crippen molar-refractivity contribution in [2.45, 2.75) is 57.3 Å². The zero-order chi connectivity index (χ0) is 27.2. The van der Waals surface area contributed by atoms with Crippen LogP contribution in [0.25, 0.3) is 0 Å². The molecule has 0 radical (unpaired) electrons. The molecule has 3 aliphatic rings. The Morgan fingerprint density at radius 2 is 1.72 bits per heavy atom. The third-order valence-corrected chi connectivity index (χ3v) is 8.65. The smallest absolute Gasteiger partial charge is 0.369 e. The number of likely N-dealkylation sites (tertiary alicyclic amines) is 2. The first-order chi connectivity index (χ1) is 18.9. The molecule has 1 aromatic carbocycles. The van der Waals surface area contributed by atoms with Crippen molar-refractivity contribution in [3.8, 4) is 0 Å². The van der Waals surface area contributed by atoms with Crippen LogP contribution >= 0.6 is 0 Å². The number of hydrogen-bond acceptors (Lipinski definition) is 5. The molecule has 0 N–H and O–H groups in total. The molecule has 3 saturated heterocycles. The summed E-state index contributed by atoms with van der Waals surface area (Å²) in [6, 6.07) is 12.1. The van der Waals surface area contributed by atoms with Crippen molar-refractivity contribution in [3.05, 3.63) is 59.9 Å². The van der Waals surface area contributed by atoms with E-state index in [4.69, 9.17) is 0 Å². The summed E-state index contributed by atoms with van der Waals surface area (Å²) < 4.78 is 39.7. The van der Waals surface area contributed by atoms with Crippen molar-refractivity contribution >= 4 is 11.6 Å². The second kappa shape index (κ2) is 12.7. The zero-order valence-electron chi connectivity index (χ0n) is 22.7. The van der Waals surface area contributed by atoms with Crippen LogP contribution in [-0.2, 0) is 17.5 Å². The predicted molar refractivity (Wildman–Crippen MR) is 146 cm³/mol. The van der Waals surface area contributed by atoms with E-state index in [1.807, 2.05) is 23.2 Å². The summed E-state index contributed by atoms with van der Waals surface area (Å²) in [7, 11) is 0. The molecule has 6 nitrogen and oxygen atoms in total. The van der Waals surface area contributed by atoms with Crippen molar-refractivity contribution in [3.63, 3.8) is 0 Å². The maximum atomic E-state index is 13.2. The van der Waals surface area contributed by atoms with Gasteiger partial charge in [-0.3, -0.25) is 19.6 Å². The fourth-order valence-corrected chi connectivity index (χ4v) is 6.52.